The fourth-order valence-corrected chi connectivity index (χ4v) is 3.80. The van der Waals surface area contributed by atoms with Gasteiger partial charge in [0, 0.05) is 37.9 Å². The molecule has 2 aliphatic rings. The van der Waals surface area contributed by atoms with Gasteiger partial charge in [0.2, 0.25) is 11.8 Å². The van der Waals surface area contributed by atoms with Crippen molar-refractivity contribution in [1.29, 1.82) is 0 Å². The highest BCUT2D eigenvalue weighted by Gasteiger charge is 2.31. The summed E-state index contributed by atoms with van der Waals surface area (Å²) in [6.07, 6.45) is -0.266. The van der Waals surface area contributed by atoms with Crippen molar-refractivity contribution >= 4 is 17.5 Å². The maximum absolute atomic E-state index is 12.2. The molecule has 0 atom stereocenters. The molecule has 1 aliphatic carbocycles. The lowest BCUT2D eigenvalue weighted by Crippen LogP contribution is -2.51. The maximum atomic E-state index is 12.2. The van der Waals surface area contributed by atoms with Gasteiger partial charge in [-0.25, -0.2) is 0 Å². The van der Waals surface area contributed by atoms with E-state index in [4.69, 9.17) is 0 Å². The molecule has 166 valence electrons. The molecule has 2 fully saturated rings. The number of anilines is 1. The van der Waals surface area contributed by atoms with Crippen molar-refractivity contribution in [1.82, 2.24) is 15.1 Å². The number of halogens is 3. The highest BCUT2D eigenvalue weighted by Crippen LogP contribution is 2.24. The lowest BCUT2D eigenvalue weighted by Gasteiger charge is -2.34. The molecular formula is C20H27F3N4O3. The SMILES string of the molecule is O=C(CN1CCN(CC(=O)NC2CCCC2)CC1)Nc1ccc(OC(F)(F)F)cc1. The molecule has 0 bridgehead atoms. The van der Waals surface area contributed by atoms with Gasteiger partial charge in [0.15, 0.2) is 0 Å². The largest absolute Gasteiger partial charge is 0.573 e. The van der Waals surface area contributed by atoms with Gasteiger partial charge in [-0.15, -0.1) is 13.2 Å². The smallest absolute Gasteiger partial charge is 0.406 e. The Morgan fingerprint density at radius 3 is 2.00 bits per heavy atom. The average Bonchev–Trinajstić information content (AvgIpc) is 3.16. The number of benzene rings is 1. The van der Waals surface area contributed by atoms with Crippen LogP contribution in [0.15, 0.2) is 24.3 Å². The van der Waals surface area contributed by atoms with E-state index in [2.05, 4.69) is 20.3 Å². The molecule has 10 heteroatoms. The van der Waals surface area contributed by atoms with E-state index in [9.17, 15) is 22.8 Å². The van der Waals surface area contributed by atoms with Gasteiger partial charge >= 0.3 is 6.36 Å². The van der Waals surface area contributed by atoms with Gasteiger partial charge < -0.3 is 15.4 Å². The van der Waals surface area contributed by atoms with Crippen LogP contribution in [0.25, 0.3) is 0 Å². The van der Waals surface area contributed by atoms with Crippen LogP contribution in [0.1, 0.15) is 25.7 Å². The van der Waals surface area contributed by atoms with Gasteiger partial charge in [0.25, 0.3) is 0 Å². The van der Waals surface area contributed by atoms with Crippen molar-refractivity contribution in [3.05, 3.63) is 24.3 Å². The number of rotatable bonds is 7. The summed E-state index contributed by atoms with van der Waals surface area (Å²) in [5.41, 5.74) is 0.400. The molecule has 2 N–H and O–H groups in total. The molecule has 30 heavy (non-hydrogen) atoms. The van der Waals surface area contributed by atoms with Crippen molar-refractivity contribution < 1.29 is 27.5 Å². The van der Waals surface area contributed by atoms with Crippen molar-refractivity contribution in [2.24, 2.45) is 0 Å². The van der Waals surface area contributed by atoms with E-state index in [1.165, 1.54) is 25.0 Å². The predicted octanol–water partition coefficient (Wildman–Crippen LogP) is 2.20. The number of nitrogens with zero attached hydrogens (tertiary/aromatic N) is 2. The number of carbonyl (C=O) groups is 2. The number of carbonyl (C=O) groups excluding carboxylic acids is 2. The number of piperazine rings is 1. The number of hydrogen-bond acceptors (Lipinski definition) is 5. The normalized spacial score (nSPS) is 18.9. The van der Waals surface area contributed by atoms with Crippen molar-refractivity contribution in [3.63, 3.8) is 0 Å². The molecule has 1 heterocycles. The highest BCUT2D eigenvalue weighted by molar-refractivity contribution is 5.92. The Labute approximate surface area is 173 Å². The van der Waals surface area contributed by atoms with E-state index in [1.54, 1.807) is 0 Å². The minimum atomic E-state index is -4.75. The van der Waals surface area contributed by atoms with Crippen LogP contribution >= 0.6 is 0 Å². The molecule has 1 saturated carbocycles. The summed E-state index contributed by atoms with van der Waals surface area (Å²) in [5, 5.41) is 5.75. The molecule has 7 nitrogen and oxygen atoms in total. The zero-order chi connectivity index (χ0) is 21.6. The van der Waals surface area contributed by atoms with Crippen LogP contribution in [0.3, 0.4) is 0 Å². The highest BCUT2D eigenvalue weighted by atomic mass is 19.4. The fourth-order valence-electron chi connectivity index (χ4n) is 3.80. The second kappa shape index (κ2) is 10.1. The Balaban J connectivity index is 1.35. The molecule has 2 amide bonds. The average molecular weight is 428 g/mol. The fraction of sp³-hybridized carbons (Fsp3) is 0.600. The summed E-state index contributed by atoms with van der Waals surface area (Å²) in [5.74, 6) is -0.522. The standard InChI is InChI=1S/C20H27F3N4O3/c21-20(22,23)30-17-7-5-16(6-8-17)25-19(29)14-27-11-9-26(10-12-27)13-18(28)24-15-3-1-2-4-15/h5-8,15H,1-4,9-14H2,(H,24,28)(H,25,29). The zero-order valence-electron chi connectivity index (χ0n) is 16.7. The van der Waals surface area contributed by atoms with Crippen molar-refractivity contribution in [3.8, 4) is 5.75 Å². The van der Waals surface area contributed by atoms with Crippen LogP contribution in [0.5, 0.6) is 5.75 Å². The predicted molar refractivity (Wildman–Crippen MR) is 105 cm³/mol. The Hall–Kier alpha value is -2.33. The van der Waals surface area contributed by atoms with Gasteiger partial charge in [0.05, 0.1) is 13.1 Å². The van der Waals surface area contributed by atoms with Crippen LogP contribution in [0.2, 0.25) is 0 Å². The molecule has 0 aromatic heterocycles. The third-order valence-corrected chi connectivity index (χ3v) is 5.29. The summed E-state index contributed by atoms with van der Waals surface area (Å²) in [4.78, 5) is 28.4. The third kappa shape index (κ3) is 7.49. The maximum Gasteiger partial charge on any atom is 0.573 e. The van der Waals surface area contributed by atoms with Crippen LogP contribution in [-0.4, -0.2) is 73.3 Å². The van der Waals surface area contributed by atoms with E-state index in [-0.39, 0.29) is 24.1 Å². The first-order chi connectivity index (χ1) is 14.3. The monoisotopic (exact) mass is 428 g/mol. The lowest BCUT2D eigenvalue weighted by atomic mass is 10.2. The van der Waals surface area contributed by atoms with Crippen molar-refractivity contribution in [2.45, 2.75) is 38.1 Å². The van der Waals surface area contributed by atoms with Crippen LogP contribution < -0.4 is 15.4 Å². The summed E-state index contributed by atoms with van der Waals surface area (Å²) >= 11 is 0. The Bertz CT molecular complexity index is 713. The van der Waals surface area contributed by atoms with Gasteiger partial charge in [0.1, 0.15) is 5.75 Å². The van der Waals surface area contributed by atoms with Gasteiger partial charge in [-0.3, -0.25) is 19.4 Å². The number of amides is 2. The van der Waals surface area contributed by atoms with E-state index in [0.717, 1.165) is 25.0 Å². The van der Waals surface area contributed by atoms with Gasteiger partial charge in [-0.1, -0.05) is 12.8 Å². The van der Waals surface area contributed by atoms with Crippen LogP contribution in [0.4, 0.5) is 18.9 Å². The number of alkyl halides is 3. The summed E-state index contributed by atoms with van der Waals surface area (Å²) < 4.78 is 40.3. The Kier molecular flexibility index (Phi) is 7.54. The van der Waals surface area contributed by atoms with Gasteiger partial charge in [-0.2, -0.15) is 0 Å². The minimum Gasteiger partial charge on any atom is -0.406 e. The summed E-state index contributed by atoms with van der Waals surface area (Å²) in [6, 6.07) is 5.34. The van der Waals surface area contributed by atoms with Gasteiger partial charge in [-0.05, 0) is 37.1 Å². The molecular weight excluding hydrogens is 401 g/mol. The molecule has 0 spiro atoms. The number of hydrogen-bond donors (Lipinski definition) is 2. The third-order valence-electron chi connectivity index (χ3n) is 5.29. The molecule has 1 saturated heterocycles. The molecule has 0 radical (unpaired) electrons. The van der Waals surface area contributed by atoms with E-state index < -0.39 is 6.36 Å². The Morgan fingerprint density at radius 1 is 0.933 bits per heavy atom. The van der Waals surface area contributed by atoms with Crippen LogP contribution in [-0.2, 0) is 9.59 Å². The van der Waals surface area contributed by atoms with Crippen LogP contribution in [0, 0.1) is 0 Å². The quantitative estimate of drug-likeness (QED) is 0.697. The van der Waals surface area contributed by atoms with Crippen molar-refractivity contribution in [2.75, 3.05) is 44.6 Å². The molecule has 0 unspecified atom stereocenters. The topological polar surface area (TPSA) is 73.9 Å². The second-order valence-corrected chi connectivity index (χ2v) is 7.72. The minimum absolute atomic E-state index is 0.0612. The zero-order valence-corrected chi connectivity index (χ0v) is 16.7. The number of ether oxygens (including phenoxy) is 1. The summed E-state index contributed by atoms with van der Waals surface area (Å²) in [6.45, 7) is 3.31. The first kappa shape index (κ1) is 22.4. The first-order valence-corrected chi connectivity index (χ1v) is 10.2. The number of nitrogens with one attached hydrogen (secondary N) is 2. The van der Waals surface area contributed by atoms with E-state index in [0.29, 0.717) is 44.5 Å². The molecule has 3 rings (SSSR count). The second-order valence-electron chi connectivity index (χ2n) is 7.72. The molecule has 1 aromatic carbocycles. The van der Waals surface area contributed by atoms with E-state index >= 15 is 0 Å². The molecule has 1 aromatic rings. The molecule has 1 aliphatic heterocycles. The first-order valence-electron chi connectivity index (χ1n) is 10.2. The van der Waals surface area contributed by atoms with E-state index in [1.807, 2.05) is 4.90 Å². The Morgan fingerprint density at radius 2 is 1.47 bits per heavy atom. The lowest BCUT2D eigenvalue weighted by molar-refractivity contribution is -0.274. The summed E-state index contributed by atoms with van der Waals surface area (Å²) in [7, 11) is 0.